The van der Waals surface area contributed by atoms with E-state index in [1.807, 2.05) is 0 Å². The number of fused-ring (bicyclic) bond motifs is 1. The van der Waals surface area contributed by atoms with E-state index in [0.29, 0.717) is 0 Å². The molecule has 0 fully saturated rings. The number of rotatable bonds is 1. The Labute approximate surface area is 126 Å². The van der Waals surface area contributed by atoms with Gasteiger partial charge in [-0.2, -0.15) is 4.57 Å². The van der Waals surface area contributed by atoms with E-state index in [9.17, 15) is 0 Å². The highest BCUT2D eigenvalue weighted by Crippen LogP contribution is 2.31. The van der Waals surface area contributed by atoms with Crippen molar-refractivity contribution >= 4 is 10.8 Å². The first-order chi connectivity index (χ1) is 10.0. The summed E-state index contributed by atoms with van der Waals surface area (Å²) in [5.41, 5.74) is 7.96. The average Bonchev–Trinajstić information content (AvgIpc) is 2.49. The maximum absolute atomic E-state index is 2.33. The summed E-state index contributed by atoms with van der Waals surface area (Å²) in [7, 11) is 2.17. The Bertz CT molecular complexity index is 844. The minimum atomic E-state index is 1.30. The molecule has 106 valence electrons. The van der Waals surface area contributed by atoms with Crippen LogP contribution in [-0.4, -0.2) is 0 Å². The van der Waals surface area contributed by atoms with E-state index in [1.54, 1.807) is 0 Å². The highest BCUT2D eigenvalue weighted by atomic mass is 14.9. The third-order valence-corrected chi connectivity index (χ3v) is 4.62. The lowest BCUT2D eigenvalue weighted by Crippen LogP contribution is -2.36. The minimum absolute atomic E-state index is 1.30. The number of aryl methyl sites for hydroxylation is 3. The fourth-order valence-electron chi connectivity index (χ4n) is 3.13. The second kappa shape index (κ2) is 5.00. The van der Waals surface area contributed by atoms with Crippen LogP contribution in [0, 0.1) is 27.7 Å². The van der Waals surface area contributed by atoms with Crippen LogP contribution < -0.4 is 4.57 Å². The van der Waals surface area contributed by atoms with E-state index in [-0.39, 0.29) is 0 Å². The SMILES string of the molecule is Cc1ccc(C)c(-c2c3ccccc3c(C)c(C)[n+]2C)c1. The zero-order chi connectivity index (χ0) is 15.1. The fraction of sp³-hybridized carbons (Fsp3) is 0.250. The molecule has 0 amide bonds. The van der Waals surface area contributed by atoms with Crippen molar-refractivity contribution in [2.24, 2.45) is 7.05 Å². The van der Waals surface area contributed by atoms with Gasteiger partial charge in [-0.1, -0.05) is 35.9 Å². The molecule has 1 aromatic heterocycles. The van der Waals surface area contributed by atoms with Crippen LogP contribution in [0.25, 0.3) is 22.0 Å². The summed E-state index contributed by atoms with van der Waals surface area (Å²) in [4.78, 5) is 0. The number of nitrogens with zero attached hydrogens (tertiary/aromatic N) is 1. The Morgan fingerprint density at radius 1 is 0.810 bits per heavy atom. The van der Waals surface area contributed by atoms with Gasteiger partial charge in [-0.05, 0) is 43.9 Å². The molecule has 3 rings (SSSR count). The smallest absolute Gasteiger partial charge is 0.198 e. The molecule has 21 heavy (non-hydrogen) atoms. The molecule has 0 aliphatic rings. The number of aromatic nitrogens is 1. The second-order valence-corrected chi connectivity index (χ2v) is 5.98. The van der Waals surface area contributed by atoms with E-state index >= 15 is 0 Å². The molecule has 1 heterocycles. The molecule has 1 heteroatoms. The summed E-state index contributed by atoms with van der Waals surface area (Å²) >= 11 is 0. The van der Waals surface area contributed by atoms with Gasteiger partial charge in [-0.3, -0.25) is 0 Å². The van der Waals surface area contributed by atoms with Gasteiger partial charge in [0.15, 0.2) is 5.69 Å². The van der Waals surface area contributed by atoms with Crippen molar-refractivity contribution < 1.29 is 4.57 Å². The molecule has 0 radical (unpaired) electrons. The van der Waals surface area contributed by atoms with E-state index in [0.717, 1.165) is 0 Å². The normalized spacial score (nSPS) is 11.1. The summed E-state index contributed by atoms with van der Waals surface area (Å²) in [5.74, 6) is 0. The third kappa shape index (κ3) is 2.13. The molecule has 0 atom stereocenters. The third-order valence-electron chi connectivity index (χ3n) is 4.62. The van der Waals surface area contributed by atoms with E-state index in [2.05, 4.69) is 81.8 Å². The maximum Gasteiger partial charge on any atom is 0.220 e. The zero-order valence-electron chi connectivity index (χ0n) is 13.5. The molecule has 1 nitrogen and oxygen atoms in total. The standard InChI is InChI=1S/C20H22N/c1-13-10-11-14(2)19(12-13)20-18-9-7-6-8-17(18)15(3)16(4)21(20)5/h6-12H,1-5H3/q+1. The van der Waals surface area contributed by atoms with Gasteiger partial charge in [0.05, 0.1) is 5.39 Å². The Balaban J connectivity index is 2.50. The molecule has 2 aromatic carbocycles. The molecule has 0 saturated carbocycles. The Kier molecular flexibility index (Phi) is 3.29. The number of pyridine rings is 1. The van der Waals surface area contributed by atoms with Gasteiger partial charge in [0.2, 0.25) is 5.69 Å². The second-order valence-electron chi connectivity index (χ2n) is 5.98. The van der Waals surface area contributed by atoms with Crippen LogP contribution in [0.5, 0.6) is 0 Å². The molecular formula is C20H22N+. The fourth-order valence-corrected chi connectivity index (χ4v) is 3.13. The van der Waals surface area contributed by atoms with Crippen molar-refractivity contribution in [1.29, 1.82) is 0 Å². The van der Waals surface area contributed by atoms with Crippen LogP contribution in [0.1, 0.15) is 22.4 Å². The lowest BCUT2D eigenvalue weighted by molar-refractivity contribution is -0.665. The van der Waals surface area contributed by atoms with Gasteiger partial charge in [0, 0.05) is 18.1 Å². The van der Waals surface area contributed by atoms with Gasteiger partial charge in [-0.25, -0.2) is 0 Å². The Morgan fingerprint density at radius 2 is 1.48 bits per heavy atom. The van der Waals surface area contributed by atoms with Crippen LogP contribution in [-0.2, 0) is 7.05 Å². The molecule has 0 unspecified atom stereocenters. The largest absolute Gasteiger partial charge is 0.220 e. The van der Waals surface area contributed by atoms with E-state index in [4.69, 9.17) is 0 Å². The Hall–Kier alpha value is -2.15. The van der Waals surface area contributed by atoms with Gasteiger partial charge in [0.1, 0.15) is 7.05 Å². The first-order valence-electron chi connectivity index (χ1n) is 7.46. The van der Waals surface area contributed by atoms with Gasteiger partial charge in [0.25, 0.3) is 0 Å². The molecule has 3 aromatic rings. The monoisotopic (exact) mass is 276 g/mol. The van der Waals surface area contributed by atoms with Crippen LogP contribution in [0.4, 0.5) is 0 Å². The van der Waals surface area contributed by atoms with Crippen LogP contribution in [0.15, 0.2) is 42.5 Å². The van der Waals surface area contributed by atoms with Crippen LogP contribution in [0.2, 0.25) is 0 Å². The highest BCUT2D eigenvalue weighted by Gasteiger charge is 2.21. The lowest BCUT2D eigenvalue weighted by Gasteiger charge is -2.13. The zero-order valence-corrected chi connectivity index (χ0v) is 13.5. The van der Waals surface area contributed by atoms with Crippen LogP contribution in [0.3, 0.4) is 0 Å². The number of hydrogen-bond donors (Lipinski definition) is 0. The van der Waals surface area contributed by atoms with E-state index in [1.165, 1.54) is 44.4 Å². The summed E-state index contributed by atoms with van der Waals surface area (Å²) in [6.07, 6.45) is 0. The summed E-state index contributed by atoms with van der Waals surface area (Å²) < 4.78 is 2.33. The van der Waals surface area contributed by atoms with Crippen molar-refractivity contribution in [3.05, 3.63) is 64.8 Å². The van der Waals surface area contributed by atoms with Gasteiger partial charge < -0.3 is 0 Å². The highest BCUT2D eigenvalue weighted by molar-refractivity contribution is 5.95. The quantitative estimate of drug-likeness (QED) is 0.573. The number of benzene rings is 2. The molecule has 0 aliphatic carbocycles. The maximum atomic E-state index is 2.33. The minimum Gasteiger partial charge on any atom is -0.198 e. The summed E-state index contributed by atoms with van der Waals surface area (Å²) in [6, 6.07) is 15.4. The van der Waals surface area contributed by atoms with Crippen molar-refractivity contribution in [1.82, 2.24) is 0 Å². The van der Waals surface area contributed by atoms with Crippen molar-refractivity contribution in [3.8, 4) is 11.3 Å². The molecule has 0 spiro atoms. The molecule has 0 saturated heterocycles. The summed E-state index contributed by atoms with van der Waals surface area (Å²) in [5, 5.41) is 2.68. The first-order valence-corrected chi connectivity index (χ1v) is 7.46. The predicted octanol–water partition coefficient (Wildman–Crippen LogP) is 4.56. The Morgan fingerprint density at radius 3 is 2.19 bits per heavy atom. The number of hydrogen-bond acceptors (Lipinski definition) is 0. The molecular weight excluding hydrogens is 254 g/mol. The van der Waals surface area contributed by atoms with Gasteiger partial charge in [-0.15, -0.1) is 0 Å². The lowest BCUT2D eigenvalue weighted by atomic mass is 9.95. The topological polar surface area (TPSA) is 3.88 Å². The molecule has 0 aliphatic heterocycles. The first kappa shape index (κ1) is 13.8. The average molecular weight is 276 g/mol. The van der Waals surface area contributed by atoms with Crippen molar-refractivity contribution in [3.63, 3.8) is 0 Å². The molecule has 0 bridgehead atoms. The van der Waals surface area contributed by atoms with Crippen molar-refractivity contribution in [2.45, 2.75) is 27.7 Å². The summed E-state index contributed by atoms with van der Waals surface area (Å²) in [6.45, 7) is 8.77. The van der Waals surface area contributed by atoms with Crippen LogP contribution >= 0.6 is 0 Å². The molecule has 0 N–H and O–H groups in total. The predicted molar refractivity (Wildman–Crippen MR) is 89.5 cm³/mol. The van der Waals surface area contributed by atoms with Crippen molar-refractivity contribution in [2.75, 3.05) is 0 Å². The van der Waals surface area contributed by atoms with Gasteiger partial charge >= 0.3 is 0 Å². The van der Waals surface area contributed by atoms with E-state index < -0.39 is 0 Å².